The fourth-order valence-corrected chi connectivity index (χ4v) is 2.44. The van der Waals surface area contributed by atoms with Gasteiger partial charge in [-0.05, 0) is 42.1 Å². The van der Waals surface area contributed by atoms with Crippen molar-refractivity contribution < 1.29 is 9.18 Å². The summed E-state index contributed by atoms with van der Waals surface area (Å²) in [5.41, 5.74) is 1.95. The fourth-order valence-electron chi connectivity index (χ4n) is 1.69. The molecule has 0 atom stereocenters. The SMILES string of the molecule is Cc1cc(CNC(=O)c2nnc(Cl)s2)cc(C)c1F. The number of aryl methyl sites for hydroxylation is 2. The quantitative estimate of drug-likeness (QED) is 0.948. The monoisotopic (exact) mass is 299 g/mol. The second-order valence-electron chi connectivity index (χ2n) is 4.09. The number of carbonyl (C=O) groups excluding carboxylic acids is 1. The van der Waals surface area contributed by atoms with E-state index in [1.165, 1.54) is 0 Å². The molecule has 0 aliphatic rings. The molecule has 0 unspecified atom stereocenters. The van der Waals surface area contributed by atoms with Gasteiger partial charge in [-0.25, -0.2) is 4.39 Å². The summed E-state index contributed by atoms with van der Waals surface area (Å²) in [7, 11) is 0. The number of carbonyl (C=O) groups is 1. The molecule has 2 aromatic rings. The lowest BCUT2D eigenvalue weighted by atomic mass is 10.1. The van der Waals surface area contributed by atoms with Crippen LogP contribution in [0.5, 0.6) is 0 Å². The fraction of sp³-hybridized carbons (Fsp3) is 0.250. The summed E-state index contributed by atoms with van der Waals surface area (Å²) in [6.07, 6.45) is 0. The largest absolute Gasteiger partial charge is 0.346 e. The van der Waals surface area contributed by atoms with Gasteiger partial charge in [0, 0.05) is 6.54 Å². The lowest BCUT2D eigenvalue weighted by Crippen LogP contribution is -2.22. The van der Waals surface area contributed by atoms with Crippen molar-refractivity contribution in [1.82, 2.24) is 15.5 Å². The zero-order valence-corrected chi connectivity index (χ0v) is 11.9. The molecule has 7 heteroatoms. The molecule has 1 amide bonds. The van der Waals surface area contributed by atoms with E-state index in [1.54, 1.807) is 26.0 Å². The number of hydrogen-bond acceptors (Lipinski definition) is 4. The zero-order chi connectivity index (χ0) is 14.0. The minimum Gasteiger partial charge on any atom is -0.346 e. The Morgan fingerprint density at radius 2 is 2.00 bits per heavy atom. The number of hydrogen-bond donors (Lipinski definition) is 1. The number of amides is 1. The molecule has 0 spiro atoms. The molecule has 100 valence electrons. The highest BCUT2D eigenvalue weighted by atomic mass is 35.5. The molecule has 0 saturated heterocycles. The third kappa shape index (κ3) is 3.27. The first-order valence-electron chi connectivity index (χ1n) is 5.50. The molecule has 0 aliphatic carbocycles. The maximum Gasteiger partial charge on any atom is 0.282 e. The zero-order valence-electron chi connectivity index (χ0n) is 10.3. The van der Waals surface area contributed by atoms with Gasteiger partial charge >= 0.3 is 0 Å². The molecular formula is C12H11ClFN3OS. The van der Waals surface area contributed by atoms with Crippen molar-refractivity contribution >= 4 is 28.8 Å². The van der Waals surface area contributed by atoms with E-state index in [0.717, 1.165) is 16.9 Å². The van der Waals surface area contributed by atoms with Crippen LogP contribution in [0.4, 0.5) is 4.39 Å². The number of halogens is 2. The maximum absolute atomic E-state index is 13.5. The summed E-state index contributed by atoms with van der Waals surface area (Å²) < 4.78 is 13.7. The topological polar surface area (TPSA) is 54.9 Å². The normalized spacial score (nSPS) is 10.5. The third-order valence-electron chi connectivity index (χ3n) is 2.54. The van der Waals surface area contributed by atoms with E-state index in [4.69, 9.17) is 11.6 Å². The summed E-state index contributed by atoms with van der Waals surface area (Å²) in [4.78, 5) is 11.7. The Morgan fingerprint density at radius 3 is 2.53 bits per heavy atom. The first kappa shape index (κ1) is 13.9. The van der Waals surface area contributed by atoms with Crippen LogP contribution in [0.1, 0.15) is 26.5 Å². The smallest absolute Gasteiger partial charge is 0.282 e. The summed E-state index contributed by atoms with van der Waals surface area (Å²) in [5, 5.41) is 10.1. The second-order valence-corrected chi connectivity index (χ2v) is 5.65. The highest BCUT2D eigenvalue weighted by Gasteiger charge is 2.12. The van der Waals surface area contributed by atoms with Crippen molar-refractivity contribution in [1.29, 1.82) is 0 Å². The number of benzene rings is 1. The lowest BCUT2D eigenvalue weighted by Gasteiger charge is -2.07. The maximum atomic E-state index is 13.5. The van der Waals surface area contributed by atoms with Crippen LogP contribution in [0.3, 0.4) is 0 Å². The molecular weight excluding hydrogens is 289 g/mol. The van der Waals surface area contributed by atoms with Crippen LogP contribution in [0, 0.1) is 19.7 Å². The van der Waals surface area contributed by atoms with Gasteiger partial charge in [0.05, 0.1) is 0 Å². The van der Waals surface area contributed by atoms with Gasteiger partial charge in [-0.3, -0.25) is 4.79 Å². The van der Waals surface area contributed by atoms with Gasteiger partial charge in [0.25, 0.3) is 5.91 Å². The second kappa shape index (κ2) is 5.63. The summed E-state index contributed by atoms with van der Waals surface area (Å²) in [5.74, 6) is -0.560. The number of nitrogens with one attached hydrogen (secondary N) is 1. The first-order chi connectivity index (χ1) is 8.97. The van der Waals surface area contributed by atoms with Gasteiger partial charge in [0.1, 0.15) is 5.82 Å². The average molecular weight is 300 g/mol. The Hall–Kier alpha value is -1.53. The average Bonchev–Trinajstić information content (AvgIpc) is 2.79. The van der Waals surface area contributed by atoms with E-state index >= 15 is 0 Å². The van der Waals surface area contributed by atoms with Crippen LogP contribution in [0.2, 0.25) is 4.47 Å². The molecule has 0 aliphatic heterocycles. The van der Waals surface area contributed by atoms with Crippen molar-refractivity contribution in [2.45, 2.75) is 20.4 Å². The third-order valence-corrected chi connectivity index (χ3v) is 3.56. The van der Waals surface area contributed by atoms with Crippen LogP contribution in [0.15, 0.2) is 12.1 Å². The summed E-state index contributed by atoms with van der Waals surface area (Å²) in [6.45, 7) is 3.69. The molecule has 0 saturated carbocycles. The number of rotatable bonds is 3. The van der Waals surface area contributed by atoms with Gasteiger partial charge in [0.15, 0.2) is 0 Å². The van der Waals surface area contributed by atoms with E-state index < -0.39 is 0 Å². The predicted octanol–water partition coefficient (Wildman–Crippen LogP) is 2.88. The molecule has 1 N–H and O–H groups in total. The Labute approximate surface area is 118 Å². The van der Waals surface area contributed by atoms with Crippen molar-refractivity contribution in [3.05, 3.63) is 44.1 Å². The highest BCUT2D eigenvalue weighted by Crippen LogP contribution is 2.16. The van der Waals surface area contributed by atoms with Crippen molar-refractivity contribution in [3.63, 3.8) is 0 Å². The van der Waals surface area contributed by atoms with E-state index in [1.807, 2.05) is 0 Å². The molecule has 2 rings (SSSR count). The lowest BCUT2D eigenvalue weighted by molar-refractivity contribution is 0.0950. The van der Waals surface area contributed by atoms with Crippen LogP contribution in [-0.4, -0.2) is 16.1 Å². The molecule has 0 bridgehead atoms. The number of aromatic nitrogens is 2. The summed E-state index contributed by atoms with van der Waals surface area (Å²) >= 11 is 6.61. The minimum atomic E-state index is -0.343. The Morgan fingerprint density at radius 1 is 1.37 bits per heavy atom. The van der Waals surface area contributed by atoms with E-state index in [2.05, 4.69) is 15.5 Å². The van der Waals surface area contributed by atoms with Crippen LogP contribution in [-0.2, 0) is 6.54 Å². The van der Waals surface area contributed by atoms with Gasteiger partial charge < -0.3 is 5.32 Å². The molecule has 1 aromatic carbocycles. The standard InChI is InChI=1S/C12H11ClFN3OS/c1-6-3-8(4-7(2)9(6)14)5-15-10(18)11-16-17-12(13)19-11/h3-4H,5H2,1-2H3,(H,15,18). The Kier molecular flexibility index (Phi) is 4.11. The molecule has 1 aromatic heterocycles. The predicted molar refractivity (Wildman–Crippen MR) is 72.0 cm³/mol. The van der Waals surface area contributed by atoms with E-state index in [0.29, 0.717) is 17.7 Å². The van der Waals surface area contributed by atoms with Gasteiger partial charge in [-0.1, -0.05) is 23.5 Å². The molecule has 1 heterocycles. The van der Waals surface area contributed by atoms with Gasteiger partial charge in [-0.15, -0.1) is 10.2 Å². The van der Waals surface area contributed by atoms with Gasteiger partial charge in [-0.2, -0.15) is 0 Å². The van der Waals surface area contributed by atoms with E-state index in [9.17, 15) is 9.18 Å². The van der Waals surface area contributed by atoms with Crippen molar-refractivity contribution in [2.24, 2.45) is 0 Å². The summed E-state index contributed by atoms with van der Waals surface area (Å²) in [6, 6.07) is 3.41. The molecule has 0 fully saturated rings. The highest BCUT2D eigenvalue weighted by molar-refractivity contribution is 7.17. The molecule has 19 heavy (non-hydrogen) atoms. The minimum absolute atomic E-state index is 0.209. The van der Waals surface area contributed by atoms with E-state index in [-0.39, 0.29) is 21.2 Å². The Balaban J connectivity index is 2.05. The Bertz CT molecular complexity index is 606. The first-order valence-corrected chi connectivity index (χ1v) is 6.69. The molecule has 0 radical (unpaired) electrons. The molecule has 4 nitrogen and oxygen atoms in total. The van der Waals surface area contributed by atoms with Crippen LogP contribution in [0.25, 0.3) is 0 Å². The van der Waals surface area contributed by atoms with Crippen LogP contribution >= 0.6 is 22.9 Å². The van der Waals surface area contributed by atoms with Gasteiger partial charge in [0.2, 0.25) is 9.47 Å². The van der Waals surface area contributed by atoms with Crippen molar-refractivity contribution in [2.75, 3.05) is 0 Å². The van der Waals surface area contributed by atoms with Crippen molar-refractivity contribution in [3.8, 4) is 0 Å². The number of nitrogens with zero attached hydrogens (tertiary/aromatic N) is 2. The van der Waals surface area contributed by atoms with Crippen LogP contribution < -0.4 is 5.32 Å².